The minimum Gasteiger partial charge on any atom is -0.392 e. The van der Waals surface area contributed by atoms with E-state index in [9.17, 15) is 14.7 Å². The Labute approximate surface area is 150 Å². The van der Waals surface area contributed by atoms with Crippen LogP contribution in [0.25, 0.3) is 11.0 Å². The van der Waals surface area contributed by atoms with Gasteiger partial charge in [-0.1, -0.05) is 30.3 Å². The summed E-state index contributed by atoms with van der Waals surface area (Å²) in [6.07, 6.45) is 1.10. The topological polar surface area (TPSA) is 89.2 Å². The molecule has 0 aliphatic heterocycles. The third kappa shape index (κ3) is 3.58. The van der Waals surface area contributed by atoms with Crippen molar-refractivity contribution in [2.24, 2.45) is 7.05 Å². The van der Waals surface area contributed by atoms with Gasteiger partial charge < -0.3 is 10.4 Å². The quantitative estimate of drug-likeness (QED) is 0.677. The Morgan fingerprint density at radius 2 is 1.92 bits per heavy atom. The maximum atomic E-state index is 13.1. The predicted molar refractivity (Wildman–Crippen MR) is 100 cm³/mol. The van der Waals surface area contributed by atoms with Gasteiger partial charge in [0.05, 0.1) is 18.0 Å². The minimum absolute atomic E-state index is 0.206. The molecule has 0 aliphatic carbocycles. The van der Waals surface area contributed by atoms with Crippen LogP contribution in [0.4, 0.5) is 0 Å². The Kier molecular flexibility index (Phi) is 5.29. The molecular weight excluding hydrogens is 332 g/mol. The van der Waals surface area contributed by atoms with Crippen molar-refractivity contribution in [3.63, 3.8) is 0 Å². The van der Waals surface area contributed by atoms with Crippen LogP contribution in [-0.2, 0) is 20.1 Å². The highest BCUT2D eigenvalue weighted by Crippen LogP contribution is 2.11. The molecule has 136 valence electrons. The van der Waals surface area contributed by atoms with Crippen molar-refractivity contribution >= 4 is 11.0 Å². The van der Waals surface area contributed by atoms with Crippen LogP contribution in [0.1, 0.15) is 18.1 Å². The van der Waals surface area contributed by atoms with Crippen molar-refractivity contribution in [3.05, 3.63) is 74.6 Å². The first-order chi connectivity index (χ1) is 12.5. The fourth-order valence-electron chi connectivity index (χ4n) is 2.94. The summed E-state index contributed by atoms with van der Waals surface area (Å²) in [6, 6.07) is 11.2. The molecular formula is C19H22N4O3. The zero-order chi connectivity index (χ0) is 18.7. The molecule has 2 N–H and O–H groups in total. The van der Waals surface area contributed by atoms with Gasteiger partial charge in [-0.25, -0.2) is 9.78 Å². The number of aryl methyl sites for hydroxylation is 1. The Hall–Kier alpha value is -2.77. The Morgan fingerprint density at radius 3 is 2.62 bits per heavy atom. The molecule has 2 heterocycles. The first kappa shape index (κ1) is 18.0. The summed E-state index contributed by atoms with van der Waals surface area (Å²) in [6.45, 7) is 2.71. The molecule has 3 rings (SSSR count). The number of nitrogens with zero attached hydrogens (tertiary/aromatic N) is 3. The van der Waals surface area contributed by atoms with Gasteiger partial charge in [-0.15, -0.1) is 0 Å². The molecule has 3 aromatic rings. The number of hydrogen-bond acceptors (Lipinski definition) is 5. The molecule has 0 fully saturated rings. The van der Waals surface area contributed by atoms with Crippen LogP contribution in [0.2, 0.25) is 0 Å². The number of fused-ring (bicyclic) bond motifs is 1. The van der Waals surface area contributed by atoms with Crippen LogP contribution in [0, 0.1) is 0 Å². The molecule has 0 unspecified atom stereocenters. The maximum absolute atomic E-state index is 13.1. The second-order valence-corrected chi connectivity index (χ2v) is 6.37. The standard InChI is InChI=1S/C19H22N4O3/c1-13(24)10-20-11-15-8-9-21-17-16(15)18(25)23(19(26)22(17)2)12-14-6-4-3-5-7-14/h3-9,13,20,24H,10-12H2,1-2H3/t13-/m0/s1. The summed E-state index contributed by atoms with van der Waals surface area (Å²) in [4.78, 5) is 29.9. The summed E-state index contributed by atoms with van der Waals surface area (Å²) in [5.41, 5.74) is 1.24. The van der Waals surface area contributed by atoms with E-state index in [4.69, 9.17) is 0 Å². The number of aromatic nitrogens is 3. The van der Waals surface area contributed by atoms with E-state index in [1.165, 1.54) is 9.13 Å². The highest BCUT2D eigenvalue weighted by molar-refractivity contribution is 5.77. The molecule has 0 saturated heterocycles. The van der Waals surface area contributed by atoms with E-state index in [1.807, 2.05) is 30.3 Å². The van der Waals surface area contributed by atoms with Crippen LogP contribution in [0.3, 0.4) is 0 Å². The maximum Gasteiger partial charge on any atom is 0.332 e. The van der Waals surface area contributed by atoms with Crippen LogP contribution >= 0.6 is 0 Å². The molecule has 26 heavy (non-hydrogen) atoms. The van der Waals surface area contributed by atoms with Crippen LogP contribution in [0.5, 0.6) is 0 Å². The molecule has 1 aromatic carbocycles. The first-order valence-electron chi connectivity index (χ1n) is 8.49. The lowest BCUT2D eigenvalue weighted by Crippen LogP contribution is -2.40. The third-order valence-corrected chi connectivity index (χ3v) is 4.25. The molecule has 0 radical (unpaired) electrons. The summed E-state index contributed by atoms with van der Waals surface area (Å²) < 4.78 is 2.63. The molecule has 0 aliphatic rings. The third-order valence-electron chi connectivity index (χ3n) is 4.25. The van der Waals surface area contributed by atoms with Crippen molar-refractivity contribution < 1.29 is 5.11 Å². The average molecular weight is 354 g/mol. The lowest BCUT2D eigenvalue weighted by molar-refractivity contribution is 0.191. The summed E-state index contributed by atoms with van der Waals surface area (Å²) in [5.74, 6) is 0. The van der Waals surface area contributed by atoms with Gasteiger partial charge in [0.25, 0.3) is 5.56 Å². The van der Waals surface area contributed by atoms with E-state index in [0.29, 0.717) is 24.1 Å². The number of pyridine rings is 1. The molecule has 7 heteroatoms. The molecule has 0 saturated carbocycles. The van der Waals surface area contributed by atoms with Crippen molar-refractivity contribution in [2.75, 3.05) is 6.54 Å². The van der Waals surface area contributed by atoms with Crippen molar-refractivity contribution in [2.45, 2.75) is 26.1 Å². The lowest BCUT2D eigenvalue weighted by atomic mass is 10.1. The summed E-state index contributed by atoms with van der Waals surface area (Å²) in [5, 5.41) is 12.9. The van der Waals surface area contributed by atoms with Crippen molar-refractivity contribution in [1.29, 1.82) is 0 Å². The lowest BCUT2D eigenvalue weighted by Gasteiger charge is -2.13. The van der Waals surface area contributed by atoms with Crippen LogP contribution < -0.4 is 16.6 Å². The van der Waals surface area contributed by atoms with E-state index < -0.39 is 11.8 Å². The smallest absolute Gasteiger partial charge is 0.332 e. The number of aliphatic hydroxyl groups is 1. The number of benzene rings is 1. The second kappa shape index (κ2) is 7.63. The number of hydrogen-bond donors (Lipinski definition) is 2. The fraction of sp³-hybridized carbons (Fsp3) is 0.316. The Balaban J connectivity index is 2.12. The van der Waals surface area contributed by atoms with E-state index >= 15 is 0 Å². The SMILES string of the molecule is C[C@H](O)CNCc1ccnc2c1c(=O)n(Cc1ccccc1)c(=O)n2C. The molecule has 7 nitrogen and oxygen atoms in total. The van der Waals surface area contributed by atoms with Gasteiger partial charge in [0.1, 0.15) is 5.65 Å². The highest BCUT2D eigenvalue weighted by Gasteiger charge is 2.15. The largest absolute Gasteiger partial charge is 0.392 e. The van der Waals surface area contributed by atoms with Crippen molar-refractivity contribution in [3.8, 4) is 0 Å². The van der Waals surface area contributed by atoms with Gasteiger partial charge in [-0.3, -0.25) is 13.9 Å². The zero-order valence-electron chi connectivity index (χ0n) is 14.8. The van der Waals surface area contributed by atoms with E-state index in [1.54, 1.807) is 26.2 Å². The molecule has 1 atom stereocenters. The zero-order valence-corrected chi connectivity index (χ0v) is 14.8. The van der Waals surface area contributed by atoms with Crippen LogP contribution in [0.15, 0.2) is 52.2 Å². The fourth-order valence-corrected chi connectivity index (χ4v) is 2.94. The summed E-state index contributed by atoms with van der Waals surface area (Å²) >= 11 is 0. The van der Waals surface area contributed by atoms with Crippen molar-refractivity contribution in [1.82, 2.24) is 19.4 Å². The number of aliphatic hydroxyl groups excluding tert-OH is 1. The molecule has 2 aromatic heterocycles. The summed E-state index contributed by atoms with van der Waals surface area (Å²) in [7, 11) is 1.62. The van der Waals surface area contributed by atoms with Gasteiger partial charge >= 0.3 is 5.69 Å². The van der Waals surface area contributed by atoms with E-state index in [0.717, 1.165) is 11.1 Å². The highest BCUT2D eigenvalue weighted by atomic mass is 16.3. The van der Waals surface area contributed by atoms with Gasteiger partial charge in [0.2, 0.25) is 0 Å². The number of nitrogens with one attached hydrogen (secondary N) is 1. The number of rotatable bonds is 6. The molecule has 0 spiro atoms. The first-order valence-corrected chi connectivity index (χ1v) is 8.49. The average Bonchev–Trinajstić information content (AvgIpc) is 2.64. The second-order valence-electron chi connectivity index (χ2n) is 6.37. The Bertz CT molecular complexity index is 1020. The predicted octanol–water partition coefficient (Wildman–Crippen LogP) is 0.614. The van der Waals surface area contributed by atoms with E-state index in [-0.39, 0.29) is 12.1 Å². The van der Waals surface area contributed by atoms with E-state index in [2.05, 4.69) is 10.3 Å². The van der Waals surface area contributed by atoms with Gasteiger partial charge in [-0.2, -0.15) is 0 Å². The van der Waals surface area contributed by atoms with Crippen LogP contribution in [-0.4, -0.2) is 31.9 Å². The molecule has 0 bridgehead atoms. The van der Waals surface area contributed by atoms with Gasteiger partial charge in [0.15, 0.2) is 0 Å². The monoisotopic (exact) mass is 354 g/mol. The van der Waals surface area contributed by atoms with Gasteiger partial charge in [-0.05, 0) is 24.1 Å². The normalized spacial score (nSPS) is 12.4. The molecule has 0 amide bonds. The Morgan fingerprint density at radius 1 is 1.19 bits per heavy atom. The van der Waals surface area contributed by atoms with Gasteiger partial charge in [0, 0.05) is 26.3 Å². The minimum atomic E-state index is -0.484.